The minimum Gasteiger partial charge on any atom is -0.496 e. The van der Waals surface area contributed by atoms with E-state index in [0.717, 1.165) is 41.8 Å². The number of sulfonamides is 1. The largest absolute Gasteiger partial charge is 0.496 e. The molecule has 1 aliphatic rings. The van der Waals surface area contributed by atoms with Crippen LogP contribution >= 0.6 is 0 Å². The maximum Gasteiger partial charge on any atom is 0.251 e. The lowest BCUT2D eigenvalue weighted by molar-refractivity contribution is 0.0967. The lowest BCUT2D eigenvalue weighted by Crippen LogP contribution is -2.30. The van der Waals surface area contributed by atoms with Gasteiger partial charge < -0.3 is 9.30 Å². The summed E-state index contributed by atoms with van der Waals surface area (Å²) in [4.78, 5) is 24.6. The molecule has 1 aromatic carbocycles. The molecule has 7 nitrogen and oxygen atoms in total. The van der Waals surface area contributed by atoms with Gasteiger partial charge in [0.05, 0.1) is 24.1 Å². The van der Waals surface area contributed by atoms with Gasteiger partial charge in [0, 0.05) is 25.4 Å². The van der Waals surface area contributed by atoms with Gasteiger partial charge in [0.15, 0.2) is 5.78 Å². The maximum atomic E-state index is 13.5. The molecular formula is C18H19FN2O5S. The van der Waals surface area contributed by atoms with Crippen molar-refractivity contribution in [1.82, 2.24) is 8.87 Å². The van der Waals surface area contributed by atoms with Crippen LogP contribution in [0.3, 0.4) is 0 Å². The fourth-order valence-corrected chi connectivity index (χ4v) is 4.54. The molecule has 1 saturated heterocycles. The number of ether oxygens (including phenoxy) is 1. The van der Waals surface area contributed by atoms with Crippen LogP contribution in [0.1, 0.15) is 23.2 Å². The molecule has 0 bridgehead atoms. The minimum atomic E-state index is -3.72. The van der Waals surface area contributed by atoms with E-state index in [-0.39, 0.29) is 16.2 Å². The average Bonchev–Trinajstić information content (AvgIpc) is 3.19. The number of carbonyl (C=O) groups excluding carboxylic acids is 1. The Kier molecular flexibility index (Phi) is 5.43. The van der Waals surface area contributed by atoms with Gasteiger partial charge in [0.25, 0.3) is 5.56 Å². The summed E-state index contributed by atoms with van der Waals surface area (Å²) >= 11 is 0. The number of hydrogen-bond donors (Lipinski definition) is 0. The molecule has 1 aliphatic heterocycles. The Balaban J connectivity index is 1.93. The van der Waals surface area contributed by atoms with Crippen molar-refractivity contribution in [3.63, 3.8) is 0 Å². The molecule has 0 saturated carbocycles. The van der Waals surface area contributed by atoms with Crippen molar-refractivity contribution in [1.29, 1.82) is 0 Å². The predicted molar refractivity (Wildman–Crippen MR) is 96.0 cm³/mol. The lowest BCUT2D eigenvalue weighted by atomic mass is 10.1. The number of methoxy groups -OCH3 is 1. The Morgan fingerprint density at radius 2 is 1.89 bits per heavy atom. The number of halogens is 1. The topological polar surface area (TPSA) is 85.7 Å². The first-order chi connectivity index (χ1) is 12.8. The summed E-state index contributed by atoms with van der Waals surface area (Å²) in [7, 11) is -2.37. The molecule has 0 N–H and O–H groups in total. The maximum absolute atomic E-state index is 13.5. The Hall–Kier alpha value is -2.52. The van der Waals surface area contributed by atoms with E-state index in [1.165, 1.54) is 23.5 Å². The van der Waals surface area contributed by atoms with Crippen molar-refractivity contribution < 1.29 is 22.3 Å². The molecule has 2 aromatic rings. The number of nitrogens with zero attached hydrogens (tertiary/aromatic N) is 2. The van der Waals surface area contributed by atoms with Crippen molar-refractivity contribution in [3.8, 4) is 5.75 Å². The Labute approximate surface area is 156 Å². The van der Waals surface area contributed by atoms with Crippen LogP contribution < -0.4 is 10.3 Å². The third-order valence-electron chi connectivity index (χ3n) is 4.44. The smallest absolute Gasteiger partial charge is 0.251 e. The van der Waals surface area contributed by atoms with Crippen molar-refractivity contribution in [2.45, 2.75) is 24.3 Å². The number of rotatable bonds is 6. The Bertz CT molecular complexity index is 1030. The van der Waals surface area contributed by atoms with Gasteiger partial charge in [-0.25, -0.2) is 12.8 Å². The van der Waals surface area contributed by atoms with Gasteiger partial charge in [-0.1, -0.05) is 0 Å². The standard InChI is InChI=1S/C18H19FN2O5S/c1-26-17-6-4-13(19)10-15(17)16(22)12-20-11-14(5-7-18(20)23)27(24,25)21-8-2-3-9-21/h4-7,10-11H,2-3,8-9,12H2,1H3. The van der Waals surface area contributed by atoms with Crippen LogP contribution in [0.4, 0.5) is 4.39 Å². The van der Waals surface area contributed by atoms with Crippen LogP contribution in [-0.4, -0.2) is 43.3 Å². The summed E-state index contributed by atoms with van der Waals surface area (Å²) in [6.45, 7) is 0.434. The molecule has 3 rings (SSSR count). The summed E-state index contributed by atoms with van der Waals surface area (Å²) < 4.78 is 46.2. The lowest BCUT2D eigenvalue weighted by Gasteiger charge is -2.16. The molecular weight excluding hydrogens is 375 g/mol. The molecule has 1 aromatic heterocycles. The fraction of sp³-hybridized carbons (Fsp3) is 0.333. The molecule has 1 fully saturated rings. The molecule has 0 amide bonds. The van der Waals surface area contributed by atoms with Gasteiger partial charge in [-0.15, -0.1) is 0 Å². The van der Waals surface area contributed by atoms with Gasteiger partial charge in [0.1, 0.15) is 11.6 Å². The predicted octanol–water partition coefficient (Wildman–Crippen LogP) is 1.66. The molecule has 0 aliphatic carbocycles. The van der Waals surface area contributed by atoms with E-state index < -0.39 is 33.7 Å². The van der Waals surface area contributed by atoms with E-state index in [1.807, 2.05) is 0 Å². The van der Waals surface area contributed by atoms with Crippen molar-refractivity contribution >= 4 is 15.8 Å². The number of pyridine rings is 1. The first-order valence-corrected chi connectivity index (χ1v) is 9.84. The van der Waals surface area contributed by atoms with Crippen molar-refractivity contribution in [3.05, 3.63) is 58.3 Å². The van der Waals surface area contributed by atoms with E-state index in [0.29, 0.717) is 13.1 Å². The molecule has 0 spiro atoms. The van der Waals surface area contributed by atoms with Crippen LogP contribution in [0.2, 0.25) is 0 Å². The van der Waals surface area contributed by atoms with Gasteiger partial charge in [0.2, 0.25) is 10.0 Å². The SMILES string of the molecule is COc1ccc(F)cc1C(=O)Cn1cc(S(=O)(=O)N2CCCC2)ccc1=O. The highest BCUT2D eigenvalue weighted by Crippen LogP contribution is 2.22. The first-order valence-electron chi connectivity index (χ1n) is 8.40. The monoisotopic (exact) mass is 394 g/mol. The molecule has 0 atom stereocenters. The second kappa shape index (κ2) is 7.61. The van der Waals surface area contributed by atoms with Crippen molar-refractivity contribution in [2.75, 3.05) is 20.2 Å². The molecule has 2 heterocycles. The number of benzene rings is 1. The molecule has 27 heavy (non-hydrogen) atoms. The van der Waals surface area contributed by atoms with E-state index in [9.17, 15) is 22.4 Å². The van der Waals surface area contributed by atoms with Gasteiger partial charge in [-0.05, 0) is 37.1 Å². The molecule has 0 unspecified atom stereocenters. The first kappa shape index (κ1) is 19.2. The highest BCUT2D eigenvalue weighted by Gasteiger charge is 2.28. The third-order valence-corrected chi connectivity index (χ3v) is 6.32. The highest BCUT2D eigenvalue weighted by atomic mass is 32.2. The minimum absolute atomic E-state index is 0.0165. The Morgan fingerprint density at radius 1 is 1.19 bits per heavy atom. The fourth-order valence-electron chi connectivity index (χ4n) is 3.00. The van der Waals surface area contributed by atoms with E-state index in [2.05, 4.69) is 0 Å². The van der Waals surface area contributed by atoms with E-state index in [1.54, 1.807) is 0 Å². The van der Waals surface area contributed by atoms with Gasteiger partial charge in [-0.3, -0.25) is 9.59 Å². The van der Waals surface area contributed by atoms with Crippen LogP contribution in [0, 0.1) is 5.82 Å². The summed E-state index contributed by atoms with van der Waals surface area (Å²) in [6, 6.07) is 5.85. The van der Waals surface area contributed by atoms with E-state index in [4.69, 9.17) is 4.74 Å². The quantitative estimate of drug-likeness (QED) is 0.696. The van der Waals surface area contributed by atoms with Crippen LogP contribution in [0.25, 0.3) is 0 Å². The van der Waals surface area contributed by atoms with Crippen LogP contribution in [-0.2, 0) is 16.6 Å². The second-order valence-corrected chi connectivity index (χ2v) is 8.15. The molecule has 144 valence electrons. The summed E-state index contributed by atoms with van der Waals surface area (Å²) in [5.74, 6) is -1.00. The molecule has 9 heteroatoms. The third kappa shape index (κ3) is 3.93. The van der Waals surface area contributed by atoms with Gasteiger partial charge in [-0.2, -0.15) is 4.31 Å². The summed E-state index contributed by atoms with van der Waals surface area (Å²) in [5, 5.41) is 0. The number of hydrogen-bond acceptors (Lipinski definition) is 5. The van der Waals surface area contributed by atoms with Crippen LogP contribution in [0.15, 0.2) is 46.2 Å². The zero-order valence-electron chi connectivity index (χ0n) is 14.7. The average molecular weight is 394 g/mol. The molecule has 0 radical (unpaired) electrons. The van der Waals surface area contributed by atoms with Crippen molar-refractivity contribution in [2.24, 2.45) is 0 Å². The van der Waals surface area contributed by atoms with Crippen LogP contribution in [0.5, 0.6) is 5.75 Å². The number of carbonyl (C=O) groups is 1. The highest BCUT2D eigenvalue weighted by molar-refractivity contribution is 7.89. The zero-order valence-corrected chi connectivity index (χ0v) is 15.5. The van der Waals surface area contributed by atoms with Gasteiger partial charge >= 0.3 is 0 Å². The number of aromatic nitrogens is 1. The zero-order chi connectivity index (χ0) is 19.6. The number of ketones is 1. The normalized spacial score (nSPS) is 15.0. The summed E-state index contributed by atoms with van der Waals surface area (Å²) in [5.41, 5.74) is -0.545. The summed E-state index contributed by atoms with van der Waals surface area (Å²) in [6.07, 6.45) is 2.73. The Morgan fingerprint density at radius 3 is 2.56 bits per heavy atom. The van der Waals surface area contributed by atoms with E-state index >= 15 is 0 Å². The second-order valence-electron chi connectivity index (χ2n) is 6.21. The number of Topliss-reactive ketones (excluding diaryl/α,β-unsaturated/α-hetero) is 1.